The number of rotatable bonds is 5. The van der Waals surface area contributed by atoms with Crippen LogP contribution in [0.3, 0.4) is 0 Å². The number of ether oxygens (including phenoxy) is 3. The summed E-state index contributed by atoms with van der Waals surface area (Å²) in [7, 11) is 1.60. The van der Waals surface area contributed by atoms with E-state index in [-0.39, 0.29) is 18.4 Å². The first-order valence-corrected chi connectivity index (χ1v) is 11.7. The number of amides is 2. The molecule has 1 unspecified atom stereocenters. The van der Waals surface area contributed by atoms with Crippen molar-refractivity contribution in [3.05, 3.63) is 58.4 Å². The van der Waals surface area contributed by atoms with Crippen molar-refractivity contribution in [2.45, 2.75) is 26.1 Å². The number of hydrogen-bond acceptors (Lipinski definition) is 8. The van der Waals surface area contributed by atoms with Gasteiger partial charge in [0.2, 0.25) is 0 Å². The van der Waals surface area contributed by atoms with Gasteiger partial charge in [-0.05, 0) is 19.1 Å². The number of fused-ring (bicyclic) bond motifs is 1. The Labute approximate surface area is 200 Å². The van der Waals surface area contributed by atoms with Gasteiger partial charge in [0.1, 0.15) is 5.75 Å². The standard InChI is InChI=1S/C24H24N4O5S/c1-14-9-16(15-5-3-4-6-19(15)31-2)17(10-25-14)22(29)27-24-26-18-11-28(12-21(18)34-24)23(30)20-13-32-7-8-33-20/h3-6,9-10,20H,7-8,11-13H2,1-2H3,(H,26,27,29). The lowest BCUT2D eigenvalue weighted by Crippen LogP contribution is -2.43. The van der Waals surface area contributed by atoms with E-state index in [0.717, 1.165) is 27.4 Å². The number of hydrogen-bond donors (Lipinski definition) is 1. The summed E-state index contributed by atoms with van der Waals surface area (Å²) in [5.74, 6) is 0.275. The molecular formula is C24H24N4O5S. The maximum Gasteiger partial charge on any atom is 0.259 e. The third-order valence-electron chi connectivity index (χ3n) is 5.76. The van der Waals surface area contributed by atoms with Crippen LogP contribution in [0.15, 0.2) is 36.5 Å². The average Bonchev–Trinajstić information content (AvgIpc) is 3.42. The minimum absolute atomic E-state index is 0.0948. The smallest absolute Gasteiger partial charge is 0.259 e. The van der Waals surface area contributed by atoms with Gasteiger partial charge >= 0.3 is 0 Å². The molecular weight excluding hydrogens is 456 g/mol. The molecule has 1 fully saturated rings. The molecule has 1 aromatic carbocycles. The minimum Gasteiger partial charge on any atom is -0.496 e. The topological polar surface area (TPSA) is 103 Å². The van der Waals surface area contributed by atoms with E-state index in [1.165, 1.54) is 11.3 Å². The van der Waals surface area contributed by atoms with Gasteiger partial charge in [0, 0.05) is 23.0 Å². The number of para-hydroxylation sites is 1. The fraction of sp³-hybridized carbons (Fsp3) is 0.333. The Morgan fingerprint density at radius 2 is 2.06 bits per heavy atom. The molecule has 3 aromatic rings. The highest BCUT2D eigenvalue weighted by Crippen LogP contribution is 2.34. The van der Waals surface area contributed by atoms with Gasteiger partial charge in [-0.15, -0.1) is 0 Å². The van der Waals surface area contributed by atoms with Crippen molar-refractivity contribution < 1.29 is 23.8 Å². The summed E-state index contributed by atoms with van der Waals surface area (Å²) in [6, 6.07) is 9.42. The summed E-state index contributed by atoms with van der Waals surface area (Å²) < 4.78 is 16.4. The third-order valence-corrected chi connectivity index (χ3v) is 6.76. The number of aromatic nitrogens is 2. The monoisotopic (exact) mass is 480 g/mol. The van der Waals surface area contributed by atoms with E-state index in [1.54, 1.807) is 18.2 Å². The Morgan fingerprint density at radius 1 is 1.21 bits per heavy atom. The molecule has 0 spiro atoms. The van der Waals surface area contributed by atoms with Crippen LogP contribution in [0.1, 0.15) is 26.6 Å². The summed E-state index contributed by atoms with van der Waals surface area (Å²) in [6.07, 6.45) is 1.00. The number of anilines is 1. The largest absolute Gasteiger partial charge is 0.496 e. The molecule has 0 saturated carbocycles. The van der Waals surface area contributed by atoms with Crippen molar-refractivity contribution in [2.75, 3.05) is 32.2 Å². The van der Waals surface area contributed by atoms with Crippen molar-refractivity contribution in [3.63, 3.8) is 0 Å². The molecule has 4 heterocycles. The Kier molecular flexibility index (Phi) is 6.27. The molecule has 2 aliphatic rings. The van der Waals surface area contributed by atoms with Crippen LogP contribution in [0, 0.1) is 6.92 Å². The fourth-order valence-corrected chi connectivity index (χ4v) is 5.06. The summed E-state index contributed by atoms with van der Waals surface area (Å²) in [6.45, 7) is 3.92. The highest BCUT2D eigenvalue weighted by atomic mass is 32.1. The fourth-order valence-electron chi connectivity index (χ4n) is 4.08. The Balaban J connectivity index is 1.32. The highest BCUT2D eigenvalue weighted by Gasteiger charge is 2.33. The summed E-state index contributed by atoms with van der Waals surface area (Å²) in [5.41, 5.74) is 3.56. The van der Waals surface area contributed by atoms with E-state index in [2.05, 4.69) is 15.3 Å². The molecule has 1 N–H and O–H groups in total. The van der Waals surface area contributed by atoms with Gasteiger partial charge in [-0.2, -0.15) is 0 Å². The quantitative estimate of drug-likeness (QED) is 0.599. The molecule has 9 nitrogen and oxygen atoms in total. The highest BCUT2D eigenvalue weighted by molar-refractivity contribution is 7.16. The van der Waals surface area contributed by atoms with Gasteiger partial charge in [-0.3, -0.25) is 19.9 Å². The van der Waals surface area contributed by atoms with Gasteiger partial charge < -0.3 is 19.1 Å². The SMILES string of the molecule is COc1ccccc1-c1cc(C)ncc1C(=O)Nc1nc2c(s1)CN(C(=O)C1COCCO1)C2. The first-order chi connectivity index (χ1) is 16.5. The minimum atomic E-state index is -0.565. The Hall–Kier alpha value is -3.34. The zero-order valence-corrected chi connectivity index (χ0v) is 19.7. The number of nitrogens with zero attached hydrogens (tertiary/aromatic N) is 3. The predicted octanol–water partition coefficient (Wildman–Crippen LogP) is 3.03. The van der Waals surface area contributed by atoms with Crippen LogP contribution < -0.4 is 10.1 Å². The molecule has 2 aromatic heterocycles. The molecule has 2 aliphatic heterocycles. The van der Waals surface area contributed by atoms with Crippen LogP contribution in [0.5, 0.6) is 5.75 Å². The molecule has 34 heavy (non-hydrogen) atoms. The van der Waals surface area contributed by atoms with Gasteiger partial charge in [0.25, 0.3) is 11.8 Å². The molecule has 10 heteroatoms. The molecule has 176 valence electrons. The number of pyridine rings is 1. The number of methoxy groups -OCH3 is 1. The normalized spacial score (nSPS) is 17.4. The average molecular weight is 481 g/mol. The summed E-state index contributed by atoms with van der Waals surface area (Å²) >= 11 is 1.37. The number of aryl methyl sites for hydroxylation is 1. The second-order valence-electron chi connectivity index (χ2n) is 8.04. The molecule has 1 atom stereocenters. The lowest BCUT2D eigenvalue weighted by atomic mass is 9.99. The molecule has 2 amide bonds. The number of thiazole rings is 1. The number of carbonyl (C=O) groups is 2. The van der Waals surface area contributed by atoms with Crippen molar-refractivity contribution in [1.82, 2.24) is 14.9 Å². The van der Waals surface area contributed by atoms with E-state index in [9.17, 15) is 9.59 Å². The van der Waals surface area contributed by atoms with Crippen LogP contribution >= 0.6 is 11.3 Å². The maximum atomic E-state index is 13.2. The Morgan fingerprint density at radius 3 is 2.82 bits per heavy atom. The second kappa shape index (κ2) is 9.49. The molecule has 1 saturated heterocycles. The van der Waals surface area contributed by atoms with Crippen LogP contribution in [0.25, 0.3) is 11.1 Å². The van der Waals surface area contributed by atoms with E-state index in [4.69, 9.17) is 14.2 Å². The lowest BCUT2D eigenvalue weighted by Gasteiger charge is -2.26. The number of benzene rings is 1. The maximum absolute atomic E-state index is 13.2. The predicted molar refractivity (Wildman–Crippen MR) is 126 cm³/mol. The van der Waals surface area contributed by atoms with Crippen molar-refractivity contribution in [1.29, 1.82) is 0 Å². The van der Waals surface area contributed by atoms with Gasteiger partial charge in [0.05, 0.1) is 56.2 Å². The number of carbonyl (C=O) groups excluding carboxylic acids is 2. The molecule has 0 aliphatic carbocycles. The van der Waals surface area contributed by atoms with Crippen LogP contribution in [-0.2, 0) is 27.4 Å². The van der Waals surface area contributed by atoms with Crippen LogP contribution in [-0.4, -0.2) is 59.7 Å². The number of nitrogens with one attached hydrogen (secondary N) is 1. The summed E-state index contributed by atoms with van der Waals surface area (Å²) in [5, 5.41) is 3.39. The lowest BCUT2D eigenvalue weighted by molar-refractivity contribution is -0.158. The third kappa shape index (κ3) is 4.39. The van der Waals surface area contributed by atoms with Gasteiger partial charge in [0.15, 0.2) is 11.2 Å². The van der Waals surface area contributed by atoms with Crippen molar-refractivity contribution in [2.24, 2.45) is 0 Å². The second-order valence-corrected chi connectivity index (χ2v) is 9.13. The van der Waals surface area contributed by atoms with E-state index < -0.39 is 6.10 Å². The van der Waals surface area contributed by atoms with Crippen molar-refractivity contribution in [3.8, 4) is 16.9 Å². The zero-order valence-electron chi connectivity index (χ0n) is 18.9. The Bertz CT molecular complexity index is 1210. The molecule has 5 rings (SSSR count). The van der Waals surface area contributed by atoms with E-state index >= 15 is 0 Å². The first kappa shape index (κ1) is 22.5. The van der Waals surface area contributed by atoms with Gasteiger partial charge in [-0.25, -0.2) is 4.98 Å². The zero-order chi connectivity index (χ0) is 23.7. The molecule has 0 radical (unpaired) electrons. The van der Waals surface area contributed by atoms with E-state index in [0.29, 0.717) is 42.7 Å². The summed E-state index contributed by atoms with van der Waals surface area (Å²) in [4.78, 5) is 37.4. The van der Waals surface area contributed by atoms with Crippen LogP contribution in [0.2, 0.25) is 0 Å². The first-order valence-electron chi connectivity index (χ1n) is 10.9. The van der Waals surface area contributed by atoms with Crippen molar-refractivity contribution >= 4 is 28.3 Å². The van der Waals surface area contributed by atoms with Crippen LogP contribution in [0.4, 0.5) is 5.13 Å². The van der Waals surface area contributed by atoms with E-state index in [1.807, 2.05) is 37.3 Å². The molecule has 0 bridgehead atoms. The van der Waals surface area contributed by atoms with Gasteiger partial charge in [-0.1, -0.05) is 29.5 Å².